The molecule has 0 aliphatic heterocycles. The molecule has 0 aliphatic carbocycles. The lowest BCUT2D eigenvalue weighted by Crippen LogP contribution is -2.13. The number of benzene rings is 2. The molecule has 0 fully saturated rings. The first-order valence-electron chi connectivity index (χ1n) is 7.37. The predicted octanol–water partition coefficient (Wildman–Crippen LogP) is 4.37. The Morgan fingerprint density at radius 3 is 2.58 bits per heavy atom. The van der Waals surface area contributed by atoms with Crippen LogP contribution in [0.3, 0.4) is 0 Å². The fraction of sp³-hybridized carbons (Fsp3) is 0.158. The highest BCUT2D eigenvalue weighted by Gasteiger charge is 2.10. The van der Waals surface area contributed by atoms with Crippen LogP contribution in [-0.4, -0.2) is 20.0 Å². The van der Waals surface area contributed by atoms with E-state index in [9.17, 15) is 10.1 Å². The van der Waals surface area contributed by atoms with Crippen LogP contribution in [-0.2, 0) is 4.79 Å². The van der Waals surface area contributed by atoms with Crippen molar-refractivity contribution in [1.29, 1.82) is 5.26 Å². The molecule has 0 saturated heterocycles. The van der Waals surface area contributed by atoms with Crippen molar-refractivity contribution >= 4 is 39.3 Å². The molecule has 5 heteroatoms. The Labute approximate surface area is 150 Å². The summed E-state index contributed by atoms with van der Waals surface area (Å²) in [5, 5.41) is 12.1. The monoisotopic (exact) mass is 383 g/mol. The first kappa shape index (κ1) is 17.8. The van der Waals surface area contributed by atoms with Crippen molar-refractivity contribution in [3.8, 4) is 6.07 Å². The zero-order valence-corrected chi connectivity index (χ0v) is 15.4. The maximum absolute atomic E-state index is 12.3. The summed E-state index contributed by atoms with van der Waals surface area (Å²) < 4.78 is 0.901. The number of carbonyl (C=O) groups is 1. The average Bonchev–Trinajstić information content (AvgIpc) is 2.52. The third-order valence-electron chi connectivity index (χ3n) is 3.41. The number of hydrogen-bond donors (Lipinski definition) is 1. The lowest BCUT2D eigenvalue weighted by atomic mass is 10.1. The number of nitriles is 1. The van der Waals surface area contributed by atoms with Crippen LogP contribution in [0, 0.1) is 18.3 Å². The molecular formula is C19H18BrN3O. The minimum Gasteiger partial charge on any atom is -0.377 e. The van der Waals surface area contributed by atoms with Gasteiger partial charge in [0.05, 0.1) is 5.69 Å². The van der Waals surface area contributed by atoms with E-state index in [0.29, 0.717) is 5.69 Å². The van der Waals surface area contributed by atoms with E-state index in [-0.39, 0.29) is 5.57 Å². The van der Waals surface area contributed by atoms with Gasteiger partial charge in [0.2, 0.25) is 0 Å². The first-order valence-corrected chi connectivity index (χ1v) is 8.16. The van der Waals surface area contributed by atoms with Crippen molar-refractivity contribution in [1.82, 2.24) is 0 Å². The second-order valence-electron chi connectivity index (χ2n) is 5.60. The van der Waals surface area contributed by atoms with E-state index < -0.39 is 5.91 Å². The molecule has 0 unspecified atom stereocenters. The van der Waals surface area contributed by atoms with Crippen LogP contribution >= 0.6 is 15.9 Å². The minimum atomic E-state index is -0.420. The summed E-state index contributed by atoms with van der Waals surface area (Å²) in [5.74, 6) is -0.420. The van der Waals surface area contributed by atoms with Gasteiger partial charge in [-0.3, -0.25) is 4.79 Å². The lowest BCUT2D eigenvalue weighted by Gasteiger charge is -2.14. The van der Waals surface area contributed by atoms with Crippen molar-refractivity contribution in [2.45, 2.75) is 6.92 Å². The van der Waals surface area contributed by atoms with Crippen LogP contribution < -0.4 is 10.2 Å². The van der Waals surface area contributed by atoms with Crippen LogP contribution in [0.25, 0.3) is 6.08 Å². The number of carbonyl (C=O) groups excluding carboxylic acids is 1. The van der Waals surface area contributed by atoms with Crippen molar-refractivity contribution in [3.63, 3.8) is 0 Å². The van der Waals surface area contributed by atoms with Crippen LogP contribution in [0.1, 0.15) is 11.1 Å². The molecule has 2 aromatic rings. The maximum atomic E-state index is 12.3. The Bertz CT molecular complexity index is 835. The predicted molar refractivity (Wildman–Crippen MR) is 102 cm³/mol. The fourth-order valence-electron chi connectivity index (χ4n) is 2.21. The number of nitrogens with zero attached hydrogens (tertiary/aromatic N) is 2. The van der Waals surface area contributed by atoms with E-state index in [1.54, 1.807) is 12.1 Å². The molecule has 0 bridgehead atoms. The number of anilines is 2. The topological polar surface area (TPSA) is 56.1 Å². The molecule has 0 heterocycles. The second-order valence-corrected chi connectivity index (χ2v) is 6.45. The van der Waals surface area contributed by atoms with Crippen molar-refractivity contribution in [3.05, 3.63) is 63.6 Å². The second kappa shape index (κ2) is 7.80. The van der Waals surface area contributed by atoms with Gasteiger partial charge in [-0.2, -0.15) is 5.26 Å². The summed E-state index contributed by atoms with van der Waals surface area (Å²) in [7, 11) is 3.90. The van der Waals surface area contributed by atoms with Crippen LogP contribution in [0.2, 0.25) is 0 Å². The van der Waals surface area contributed by atoms with Gasteiger partial charge in [-0.05, 0) is 64.3 Å². The third-order valence-corrected chi connectivity index (χ3v) is 4.04. The molecule has 0 aromatic heterocycles. The van der Waals surface area contributed by atoms with Crippen LogP contribution in [0.5, 0.6) is 0 Å². The molecular weight excluding hydrogens is 366 g/mol. The number of amides is 1. The highest BCUT2D eigenvalue weighted by Crippen LogP contribution is 2.26. The van der Waals surface area contributed by atoms with E-state index in [0.717, 1.165) is 21.3 Å². The molecule has 2 aromatic carbocycles. The fourth-order valence-corrected chi connectivity index (χ4v) is 2.96. The molecule has 0 radical (unpaired) electrons. The Balaban J connectivity index is 2.24. The van der Waals surface area contributed by atoms with Crippen molar-refractivity contribution in [2.75, 3.05) is 24.3 Å². The summed E-state index contributed by atoms with van der Waals surface area (Å²) in [6.07, 6.45) is 1.58. The highest BCUT2D eigenvalue weighted by atomic mass is 79.9. The van der Waals surface area contributed by atoms with Crippen molar-refractivity contribution in [2.24, 2.45) is 0 Å². The molecule has 4 nitrogen and oxygen atoms in total. The summed E-state index contributed by atoms with van der Waals surface area (Å²) in [4.78, 5) is 14.3. The van der Waals surface area contributed by atoms with E-state index >= 15 is 0 Å². The van der Waals surface area contributed by atoms with Gasteiger partial charge in [0, 0.05) is 24.3 Å². The highest BCUT2D eigenvalue weighted by molar-refractivity contribution is 9.10. The van der Waals surface area contributed by atoms with E-state index in [2.05, 4.69) is 21.2 Å². The SMILES string of the molecule is Cc1cccc(NC(=O)C(C#N)=Cc2ccc(N(C)C)c(Br)c2)c1. The number of aryl methyl sites for hydroxylation is 1. The number of halogens is 1. The van der Waals surface area contributed by atoms with Gasteiger partial charge in [0.15, 0.2) is 0 Å². The van der Waals surface area contributed by atoms with E-state index in [4.69, 9.17) is 0 Å². The minimum absolute atomic E-state index is 0.0565. The molecule has 122 valence electrons. The van der Waals surface area contributed by atoms with Crippen LogP contribution in [0.15, 0.2) is 52.5 Å². The quantitative estimate of drug-likeness (QED) is 0.629. The zero-order valence-electron chi connectivity index (χ0n) is 13.8. The Morgan fingerprint density at radius 2 is 2.00 bits per heavy atom. The molecule has 2 rings (SSSR count). The van der Waals surface area contributed by atoms with Crippen LogP contribution in [0.4, 0.5) is 11.4 Å². The number of nitrogens with one attached hydrogen (secondary N) is 1. The molecule has 0 aliphatic rings. The van der Waals surface area contributed by atoms with Gasteiger partial charge in [0.1, 0.15) is 11.6 Å². The summed E-state index contributed by atoms with van der Waals surface area (Å²) in [5.41, 5.74) is 3.57. The maximum Gasteiger partial charge on any atom is 0.266 e. The van der Waals surface area contributed by atoms with Crippen molar-refractivity contribution < 1.29 is 4.79 Å². The standard InChI is InChI=1S/C19H18BrN3O/c1-13-5-4-6-16(9-13)22-19(24)15(12-21)10-14-7-8-18(23(2)3)17(20)11-14/h4-11H,1-3H3,(H,22,24). The van der Waals surface area contributed by atoms with Gasteiger partial charge < -0.3 is 10.2 Å². The van der Waals surface area contributed by atoms with E-state index in [1.165, 1.54) is 0 Å². The zero-order chi connectivity index (χ0) is 17.7. The van der Waals surface area contributed by atoms with E-state index in [1.807, 2.05) is 68.4 Å². The van der Waals surface area contributed by atoms with Gasteiger partial charge >= 0.3 is 0 Å². The van der Waals surface area contributed by atoms with Gasteiger partial charge in [-0.25, -0.2) is 0 Å². The molecule has 1 N–H and O–H groups in total. The molecule has 24 heavy (non-hydrogen) atoms. The molecule has 0 saturated carbocycles. The number of hydrogen-bond acceptors (Lipinski definition) is 3. The Morgan fingerprint density at radius 1 is 1.25 bits per heavy atom. The summed E-state index contributed by atoms with van der Waals surface area (Å²) in [6.45, 7) is 1.94. The third kappa shape index (κ3) is 4.46. The van der Waals surface area contributed by atoms with Gasteiger partial charge in [-0.1, -0.05) is 18.2 Å². The smallest absolute Gasteiger partial charge is 0.266 e. The molecule has 1 amide bonds. The lowest BCUT2D eigenvalue weighted by molar-refractivity contribution is -0.112. The average molecular weight is 384 g/mol. The summed E-state index contributed by atoms with van der Waals surface area (Å²) in [6, 6.07) is 15.1. The Kier molecular flexibility index (Phi) is 5.78. The Hall–Kier alpha value is -2.58. The molecule has 0 spiro atoms. The van der Waals surface area contributed by atoms with Gasteiger partial charge in [-0.15, -0.1) is 0 Å². The molecule has 0 atom stereocenters. The normalized spacial score (nSPS) is 10.9. The number of rotatable bonds is 4. The van der Waals surface area contributed by atoms with Gasteiger partial charge in [0.25, 0.3) is 5.91 Å². The summed E-state index contributed by atoms with van der Waals surface area (Å²) >= 11 is 3.50. The first-order chi connectivity index (χ1) is 11.4. The largest absolute Gasteiger partial charge is 0.377 e.